The molecule has 0 unspecified atom stereocenters. The van der Waals surface area contributed by atoms with E-state index in [0.717, 1.165) is 27.8 Å². The number of furan rings is 1. The van der Waals surface area contributed by atoms with Crippen LogP contribution in [-0.4, -0.2) is 20.9 Å². The fourth-order valence-corrected chi connectivity index (χ4v) is 3.15. The van der Waals surface area contributed by atoms with Gasteiger partial charge in [-0.2, -0.15) is 0 Å². The van der Waals surface area contributed by atoms with Crippen molar-refractivity contribution in [2.75, 3.05) is 0 Å². The van der Waals surface area contributed by atoms with Crippen molar-refractivity contribution in [2.24, 2.45) is 4.99 Å². The molecule has 0 aliphatic carbocycles. The Balaban J connectivity index is 1.83. The minimum Gasteiger partial charge on any atom is -0.494 e. The first-order valence-electron chi connectivity index (χ1n) is 8.55. The van der Waals surface area contributed by atoms with Crippen molar-refractivity contribution in [1.29, 1.82) is 0 Å². The van der Waals surface area contributed by atoms with E-state index < -0.39 is 17.1 Å². The van der Waals surface area contributed by atoms with Gasteiger partial charge in [0.25, 0.3) is 5.56 Å². The summed E-state index contributed by atoms with van der Waals surface area (Å²) in [5.41, 5.74) is 2.19. The first-order valence-corrected chi connectivity index (χ1v) is 8.55. The monoisotopic (exact) mass is 363 g/mol. The Morgan fingerprint density at radius 2 is 2.11 bits per heavy atom. The lowest BCUT2D eigenvalue weighted by Crippen LogP contribution is -2.31. The summed E-state index contributed by atoms with van der Waals surface area (Å²) >= 11 is 0. The molecule has 1 aromatic carbocycles. The van der Waals surface area contributed by atoms with Crippen molar-refractivity contribution >= 4 is 23.6 Å². The van der Waals surface area contributed by atoms with Crippen molar-refractivity contribution in [3.05, 3.63) is 79.9 Å². The SMILES string of the molecule is CCc1cccc2c1N=C/C2=C\c1c(O)n(Cc2ccco2)c(=O)[nH]c1=O. The number of aromatic hydroxyl groups is 1. The number of nitrogens with one attached hydrogen (secondary N) is 1. The molecule has 2 N–H and O–H groups in total. The molecule has 2 aromatic heterocycles. The molecule has 0 saturated carbocycles. The molecule has 1 aliphatic rings. The maximum absolute atomic E-state index is 12.3. The van der Waals surface area contributed by atoms with Crippen LogP contribution in [0, 0.1) is 0 Å². The Labute approximate surface area is 153 Å². The molecule has 0 amide bonds. The summed E-state index contributed by atoms with van der Waals surface area (Å²) in [5.74, 6) is 0.0690. The number of para-hydroxylation sites is 1. The highest BCUT2D eigenvalue weighted by atomic mass is 16.3. The van der Waals surface area contributed by atoms with Gasteiger partial charge in [-0.05, 0) is 30.2 Å². The van der Waals surface area contributed by atoms with Gasteiger partial charge in [-0.25, -0.2) is 4.79 Å². The van der Waals surface area contributed by atoms with Crippen LogP contribution in [0.1, 0.15) is 29.4 Å². The zero-order valence-corrected chi connectivity index (χ0v) is 14.6. The molecular formula is C20H17N3O4. The number of aliphatic imine (C=N–C) groups is 1. The van der Waals surface area contributed by atoms with Crippen LogP contribution in [0.15, 0.2) is 55.6 Å². The molecule has 0 atom stereocenters. The van der Waals surface area contributed by atoms with Gasteiger partial charge in [0.2, 0.25) is 5.88 Å². The molecule has 0 saturated heterocycles. The van der Waals surface area contributed by atoms with Crippen LogP contribution in [0.2, 0.25) is 0 Å². The summed E-state index contributed by atoms with van der Waals surface area (Å²) in [6, 6.07) is 9.22. The summed E-state index contributed by atoms with van der Waals surface area (Å²) in [7, 11) is 0. The van der Waals surface area contributed by atoms with Gasteiger partial charge in [0.15, 0.2) is 0 Å². The first kappa shape index (κ1) is 16.8. The Morgan fingerprint density at radius 3 is 2.85 bits per heavy atom. The van der Waals surface area contributed by atoms with E-state index in [4.69, 9.17) is 4.42 Å². The van der Waals surface area contributed by atoms with Crippen LogP contribution in [0.5, 0.6) is 5.88 Å². The number of rotatable bonds is 4. The molecule has 4 rings (SSSR count). The third-order valence-corrected chi connectivity index (χ3v) is 4.54. The molecule has 0 radical (unpaired) electrons. The highest BCUT2D eigenvalue weighted by molar-refractivity contribution is 6.21. The molecule has 3 heterocycles. The predicted molar refractivity (Wildman–Crippen MR) is 103 cm³/mol. The van der Waals surface area contributed by atoms with Crippen LogP contribution < -0.4 is 11.2 Å². The lowest BCUT2D eigenvalue weighted by atomic mass is 10.0. The Kier molecular flexibility index (Phi) is 4.12. The van der Waals surface area contributed by atoms with Crippen molar-refractivity contribution in [3.8, 4) is 5.88 Å². The first-order chi connectivity index (χ1) is 13.1. The summed E-state index contributed by atoms with van der Waals surface area (Å²) in [6.07, 6.45) is 5.52. The van der Waals surface area contributed by atoms with Gasteiger partial charge in [0.05, 0.1) is 18.5 Å². The summed E-state index contributed by atoms with van der Waals surface area (Å²) in [4.78, 5) is 31.1. The number of benzene rings is 1. The summed E-state index contributed by atoms with van der Waals surface area (Å²) in [5, 5.41) is 10.6. The van der Waals surface area contributed by atoms with Gasteiger partial charge in [0, 0.05) is 17.4 Å². The fourth-order valence-electron chi connectivity index (χ4n) is 3.15. The molecule has 0 fully saturated rings. The summed E-state index contributed by atoms with van der Waals surface area (Å²) in [6.45, 7) is 2.06. The average molecular weight is 363 g/mol. The number of fused-ring (bicyclic) bond motifs is 1. The highest BCUT2D eigenvalue weighted by Crippen LogP contribution is 2.36. The van der Waals surface area contributed by atoms with E-state index in [1.165, 1.54) is 6.26 Å². The highest BCUT2D eigenvalue weighted by Gasteiger charge is 2.18. The van der Waals surface area contributed by atoms with E-state index in [9.17, 15) is 14.7 Å². The Hall–Kier alpha value is -3.61. The largest absolute Gasteiger partial charge is 0.494 e. The maximum Gasteiger partial charge on any atom is 0.331 e. The van der Waals surface area contributed by atoms with Crippen molar-refractivity contribution < 1.29 is 9.52 Å². The van der Waals surface area contributed by atoms with Crippen molar-refractivity contribution in [3.63, 3.8) is 0 Å². The number of hydrogen-bond donors (Lipinski definition) is 2. The molecule has 1 aliphatic heterocycles. The minimum atomic E-state index is -0.704. The van der Waals surface area contributed by atoms with Gasteiger partial charge in [-0.1, -0.05) is 25.1 Å². The third-order valence-electron chi connectivity index (χ3n) is 4.54. The molecular weight excluding hydrogens is 346 g/mol. The molecule has 136 valence electrons. The van der Waals surface area contributed by atoms with Crippen LogP contribution in [-0.2, 0) is 13.0 Å². The number of allylic oxidation sites excluding steroid dienone is 1. The third kappa shape index (κ3) is 2.93. The lowest BCUT2D eigenvalue weighted by Gasteiger charge is -2.09. The zero-order valence-electron chi connectivity index (χ0n) is 14.6. The van der Waals surface area contributed by atoms with E-state index in [1.807, 2.05) is 25.1 Å². The topological polar surface area (TPSA) is 101 Å². The van der Waals surface area contributed by atoms with Gasteiger partial charge in [-0.15, -0.1) is 0 Å². The Bertz CT molecular complexity index is 1180. The van der Waals surface area contributed by atoms with E-state index in [-0.39, 0.29) is 12.1 Å². The van der Waals surface area contributed by atoms with Crippen LogP contribution >= 0.6 is 0 Å². The normalized spacial score (nSPS) is 14.0. The van der Waals surface area contributed by atoms with Crippen LogP contribution in [0.4, 0.5) is 5.69 Å². The molecule has 7 heteroatoms. The minimum absolute atomic E-state index is 0.00245. The quantitative estimate of drug-likeness (QED) is 0.744. The molecule has 0 spiro atoms. The lowest BCUT2D eigenvalue weighted by molar-refractivity contribution is 0.392. The predicted octanol–water partition coefficient (Wildman–Crippen LogP) is 2.70. The second-order valence-corrected chi connectivity index (χ2v) is 6.19. The fraction of sp³-hybridized carbons (Fsp3) is 0.150. The van der Waals surface area contributed by atoms with Gasteiger partial charge in [-0.3, -0.25) is 19.3 Å². The van der Waals surface area contributed by atoms with Crippen molar-refractivity contribution in [2.45, 2.75) is 19.9 Å². The molecule has 27 heavy (non-hydrogen) atoms. The van der Waals surface area contributed by atoms with Gasteiger partial charge < -0.3 is 9.52 Å². The van der Waals surface area contributed by atoms with Crippen LogP contribution in [0.25, 0.3) is 11.6 Å². The van der Waals surface area contributed by atoms with E-state index in [2.05, 4.69) is 9.98 Å². The zero-order chi connectivity index (χ0) is 19.0. The standard InChI is InChI=1S/C20H17N3O4/c1-2-12-5-3-7-15-13(10-21-17(12)15)9-16-18(24)22-20(26)23(19(16)25)11-14-6-4-8-27-14/h3-10,25H,2,11H2,1H3,(H,22,24,26)/b13-9+. The summed E-state index contributed by atoms with van der Waals surface area (Å²) < 4.78 is 6.28. The molecule has 3 aromatic rings. The number of aryl methyl sites for hydroxylation is 1. The maximum atomic E-state index is 12.3. The second kappa shape index (κ2) is 6.60. The number of aromatic amines is 1. The van der Waals surface area contributed by atoms with E-state index in [1.54, 1.807) is 24.4 Å². The van der Waals surface area contributed by atoms with Crippen molar-refractivity contribution in [1.82, 2.24) is 9.55 Å². The molecule has 0 bridgehead atoms. The van der Waals surface area contributed by atoms with Crippen LogP contribution in [0.3, 0.4) is 0 Å². The number of aromatic nitrogens is 2. The number of H-pyrrole nitrogens is 1. The Morgan fingerprint density at radius 1 is 1.26 bits per heavy atom. The molecule has 7 nitrogen and oxygen atoms in total. The smallest absolute Gasteiger partial charge is 0.331 e. The van der Waals surface area contributed by atoms with Gasteiger partial charge >= 0.3 is 5.69 Å². The number of nitrogens with zero attached hydrogens (tertiary/aromatic N) is 2. The second-order valence-electron chi connectivity index (χ2n) is 6.19. The van der Waals surface area contributed by atoms with Gasteiger partial charge in [0.1, 0.15) is 11.3 Å². The van der Waals surface area contributed by atoms with E-state index in [0.29, 0.717) is 11.3 Å². The van der Waals surface area contributed by atoms with E-state index >= 15 is 0 Å². The number of hydrogen-bond acceptors (Lipinski definition) is 5. The average Bonchev–Trinajstić information content (AvgIpc) is 3.31.